The summed E-state index contributed by atoms with van der Waals surface area (Å²) in [5.74, 6) is 0. The van der Waals surface area contributed by atoms with Crippen molar-refractivity contribution in [2.24, 2.45) is 0 Å². The fourth-order valence-electron chi connectivity index (χ4n) is 1.45. The second-order valence-corrected chi connectivity index (χ2v) is 3.65. The van der Waals surface area contributed by atoms with Gasteiger partial charge in [0, 0.05) is 0 Å². The lowest BCUT2D eigenvalue weighted by molar-refractivity contribution is 0.832. The first-order valence-corrected chi connectivity index (χ1v) is 4.51. The molecule has 0 aromatic heterocycles. The van der Waals surface area contributed by atoms with Crippen molar-refractivity contribution in [3.05, 3.63) is 22.8 Å². The molecule has 0 spiro atoms. The summed E-state index contributed by atoms with van der Waals surface area (Å²) in [5, 5.41) is 0. The van der Waals surface area contributed by atoms with Crippen LogP contribution in [0.1, 0.15) is 46.5 Å². The molecule has 0 nitrogen and oxygen atoms in total. The second kappa shape index (κ2) is 3.75. The minimum absolute atomic E-state index is 1.25. The van der Waals surface area contributed by atoms with Gasteiger partial charge in [0.15, 0.2) is 0 Å². The second-order valence-electron chi connectivity index (χ2n) is 3.65. The lowest BCUT2D eigenvalue weighted by Gasteiger charge is -2.11. The fourth-order valence-corrected chi connectivity index (χ4v) is 1.45. The summed E-state index contributed by atoms with van der Waals surface area (Å²) in [6.07, 6.45) is 7.44. The van der Waals surface area contributed by atoms with E-state index in [2.05, 4.69) is 26.8 Å². The van der Waals surface area contributed by atoms with Crippen molar-refractivity contribution in [3.63, 3.8) is 0 Å². The standard InChI is InChI=1S/C11H18/c1-9-5-4-6-10(2)11(3)8-7-9/h5H,4,6-8H2,1-3H3. The van der Waals surface area contributed by atoms with E-state index in [9.17, 15) is 0 Å². The summed E-state index contributed by atoms with van der Waals surface area (Å²) in [4.78, 5) is 0. The molecule has 0 N–H and O–H groups in total. The van der Waals surface area contributed by atoms with E-state index >= 15 is 0 Å². The molecule has 0 bridgehead atoms. The maximum atomic E-state index is 2.38. The third-order valence-corrected chi connectivity index (χ3v) is 2.64. The van der Waals surface area contributed by atoms with Gasteiger partial charge < -0.3 is 0 Å². The molecule has 0 saturated carbocycles. The van der Waals surface area contributed by atoms with Crippen LogP contribution in [0.2, 0.25) is 0 Å². The van der Waals surface area contributed by atoms with Crippen molar-refractivity contribution >= 4 is 0 Å². The van der Waals surface area contributed by atoms with Crippen LogP contribution in [0, 0.1) is 0 Å². The van der Waals surface area contributed by atoms with E-state index in [0.29, 0.717) is 0 Å². The van der Waals surface area contributed by atoms with Crippen LogP contribution < -0.4 is 0 Å². The largest absolute Gasteiger partial charge is 0.0853 e. The highest BCUT2D eigenvalue weighted by molar-refractivity contribution is 5.15. The van der Waals surface area contributed by atoms with Crippen molar-refractivity contribution < 1.29 is 0 Å². The molecule has 0 heterocycles. The van der Waals surface area contributed by atoms with Gasteiger partial charge in [0.25, 0.3) is 0 Å². The Morgan fingerprint density at radius 3 is 2.27 bits per heavy atom. The summed E-state index contributed by atoms with van der Waals surface area (Å²) in [5.41, 5.74) is 4.78. The Balaban J connectivity index is 2.62. The molecule has 1 aliphatic rings. The van der Waals surface area contributed by atoms with Gasteiger partial charge in [-0.25, -0.2) is 0 Å². The predicted molar refractivity (Wildman–Crippen MR) is 50.6 cm³/mol. The van der Waals surface area contributed by atoms with Crippen LogP contribution in [0.4, 0.5) is 0 Å². The van der Waals surface area contributed by atoms with E-state index in [1.54, 1.807) is 16.7 Å². The zero-order valence-corrected chi connectivity index (χ0v) is 7.91. The van der Waals surface area contributed by atoms with Crippen LogP contribution in [0.5, 0.6) is 0 Å². The van der Waals surface area contributed by atoms with Gasteiger partial charge in [-0.2, -0.15) is 0 Å². The van der Waals surface area contributed by atoms with Crippen molar-refractivity contribution in [1.82, 2.24) is 0 Å². The number of hydrogen-bond donors (Lipinski definition) is 0. The maximum Gasteiger partial charge on any atom is -0.0283 e. The van der Waals surface area contributed by atoms with Crippen molar-refractivity contribution in [1.29, 1.82) is 0 Å². The minimum atomic E-state index is 1.25. The normalized spacial score (nSPS) is 20.8. The number of hydrogen-bond acceptors (Lipinski definition) is 0. The first-order chi connectivity index (χ1) is 5.20. The fraction of sp³-hybridized carbons (Fsp3) is 0.636. The molecule has 0 heteroatoms. The average Bonchev–Trinajstić information content (AvgIpc) is 1.98. The summed E-state index contributed by atoms with van der Waals surface area (Å²) >= 11 is 0. The molecule has 1 rings (SSSR count). The summed E-state index contributed by atoms with van der Waals surface area (Å²) < 4.78 is 0. The summed E-state index contributed by atoms with van der Waals surface area (Å²) in [6.45, 7) is 6.78. The zero-order valence-electron chi connectivity index (χ0n) is 7.91. The molecule has 0 saturated heterocycles. The molecule has 0 fully saturated rings. The van der Waals surface area contributed by atoms with Crippen molar-refractivity contribution in [3.8, 4) is 0 Å². The van der Waals surface area contributed by atoms with Gasteiger partial charge in [-0.05, 0) is 46.5 Å². The van der Waals surface area contributed by atoms with Crippen LogP contribution in [0.25, 0.3) is 0 Å². The Kier molecular flexibility index (Phi) is 2.92. The highest BCUT2D eigenvalue weighted by atomic mass is 14.1. The predicted octanol–water partition coefficient (Wildman–Crippen LogP) is 3.84. The topological polar surface area (TPSA) is 0 Å². The van der Waals surface area contributed by atoms with Gasteiger partial charge in [-0.3, -0.25) is 0 Å². The lowest BCUT2D eigenvalue weighted by Crippen LogP contribution is -1.90. The van der Waals surface area contributed by atoms with E-state index in [1.165, 1.54) is 25.7 Å². The Morgan fingerprint density at radius 2 is 1.55 bits per heavy atom. The highest BCUT2D eigenvalue weighted by Crippen LogP contribution is 2.21. The van der Waals surface area contributed by atoms with Gasteiger partial charge >= 0.3 is 0 Å². The number of allylic oxidation sites excluding steroid dienone is 4. The molecule has 62 valence electrons. The average molecular weight is 150 g/mol. The molecular formula is C11H18. The Labute approximate surface area is 70.0 Å². The highest BCUT2D eigenvalue weighted by Gasteiger charge is 2.01. The molecule has 0 aromatic carbocycles. The van der Waals surface area contributed by atoms with Crippen molar-refractivity contribution in [2.45, 2.75) is 46.5 Å². The lowest BCUT2D eigenvalue weighted by atomic mass is 9.96. The Hall–Kier alpha value is -0.520. The first-order valence-electron chi connectivity index (χ1n) is 4.51. The van der Waals surface area contributed by atoms with Gasteiger partial charge in [0.2, 0.25) is 0 Å². The molecule has 11 heavy (non-hydrogen) atoms. The van der Waals surface area contributed by atoms with E-state index < -0.39 is 0 Å². The smallest absolute Gasteiger partial charge is 0.0283 e. The van der Waals surface area contributed by atoms with E-state index in [0.717, 1.165) is 0 Å². The molecule has 0 unspecified atom stereocenters. The molecule has 0 amide bonds. The summed E-state index contributed by atoms with van der Waals surface area (Å²) in [6, 6.07) is 0. The van der Waals surface area contributed by atoms with Crippen LogP contribution in [0.15, 0.2) is 22.8 Å². The van der Waals surface area contributed by atoms with Gasteiger partial charge in [-0.1, -0.05) is 22.8 Å². The molecule has 0 radical (unpaired) electrons. The Morgan fingerprint density at radius 1 is 0.909 bits per heavy atom. The minimum Gasteiger partial charge on any atom is -0.0853 e. The quantitative estimate of drug-likeness (QED) is 0.460. The van der Waals surface area contributed by atoms with Gasteiger partial charge in [-0.15, -0.1) is 0 Å². The molecule has 0 atom stereocenters. The molecular weight excluding hydrogens is 132 g/mol. The van der Waals surface area contributed by atoms with E-state index in [4.69, 9.17) is 0 Å². The van der Waals surface area contributed by atoms with Gasteiger partial charge in [0.1, 0.15) is 0 Å². The maximum absolute atomic E-state index is 2.38. The SMILES string of the molecule is CC1=CCCC(C)=C(C)CC1. The zero-order chi connectivity index (χ0) is 8.27. The van der Waals surface area contributed by atoms with Crippen LogP contribution in [0.3, 0.4) is 0 Å². The van der Waals surface area contributed by atoms with Crippen LogP contribution in [-0.2, 0) is 0 Å². The van der Waals surface area contributed by atoms with E-state index in [1.807, 2.05) is 0 Å². The molecule has 1 aliphatic carbocycles. The number of rotatable bonds is 0. The molecule has 0 aliphatic heterocycles. The van der Waals surface area contributed by atoms with Crippen LogP contribution >= 0.6 is 0 Å². The van der Waals surface area contributed by atoms with E-state index in [-0.39, 0.29) is 0 Å². The third kappa shape index (κ3) is 2.53. The monoisotopic (exact) mass is 150 g/mol. The Bertz CT molecular complexity index is 194. The molecule has 0 aromatic rings. The van der Waals surface area contributed by atoms with Crippen molar-refractivity contribution in [2.75, 3.05) is 0 Å². The third-order valence-electron chi connectivity index (χ3n) is 2.64. The first kappa shape index (κ1) is 8.58. The van der Waals surface area contributed by atoms with Gasteiger partial charge in [0.05, 0.1) is 0 Å². The summed E-state index contributed by atoms with van der Waals surface area (Å²) in [7, 11) is 0. The van der Waals surface area contributed by atoms with Crippen LogP contribution in [-0.4, -0.2) is 0 Å².